The molecule has 2 atom stereocenters. The molecule has 0 aliphatic heterocycles. The first-order valence-corrected chi connectivity index (χ1v) is 18.1. The van der Waals surface area contributed by atoms with Gasteiger partial charge in [0.05, 0.1) is 0 Å². The maximum atomic E-state index is 12.1. The average molecular weight is 392 g/mol. The van der Waals surface area contributed by atoms with Gasteiger partial charge < -0.3 is 0 Å². The number of amides is 1. The molecule has 1 aromatic carbocycles. The average Bonchev–Trinajstić information content (AvgIpc) is 2.45. The minimum atomic E-state index is -1.90. The zero-order valence-electron chi connectivity index (χ0n) is 13.7. The van der Waals surface area contributed by atoms with E-state index in [2.05, 4.69) is 39.1 Å². The van der Waals surface area contributed by atoms with Crippen LogP contribution < -0.4 is 0 Å². The summed E-state index contributed by atoms with van der Waals surface area (Å²) in [5.74, 6) is 0.179. The number of nitrogens with zero attached hydrogens (tertiary/aromatic N) is 1. The molecule has 1 aromatic rings. The molecule has 2 unspecified atom stereocenters. The minimum absolute atomic E-state index is 0.179. The van der Waals surface area contributed by atoms with Gasteiger partial charge >= 0.3 is 133 Å². The second-order valence-corrected chi connectivity index (χ2v) is 23.0. The van der Waals surface area contributed by atoms with Crippen molar-refractivity contribution in [3.63, 3.8) is 0 Å². The fraction of sp³-hybridized carbons (Fsp3) is 0.500. The Morgan fingerprint density at radius 3 is 2.48 bits per heavy atom. The van der Waals surface area contributed by atoms with E-state index in [1.165, 1.54) is 12.0 Å². The van der Waals surface area contributed by atoms with Gasteiger partial charge in [0, 0.05) is 0 Å². The molecular formula is C18H27NOSn. The van der Waals surface area contributed by atoms with E-state index in [0.29, 0.717) is 0 Å². The van der Waals surface area contributed by atoms with E-state index in [1.54, 1.807) is 6.92 Å². The van der Waals surface area contributed by atoms with Crippen molar-refractivity contribution in [1.29, 1.82) is 0 Å². The zero-order chi connectivity index (χ0) is 15.5. The second-order valence-electron chi connectivity index (χ2n) is 7.16. The summed E-state index contributed by atoms with van der Waals surface area (Å²) in [5, 5.41) is 0. The molecule has 1 amide bonds. The van der Waals surface area contributed by atoms with Crippen LogP contribution in [0.4, 0.5) is 0 Å². The van der Waals surface area contributed by atoms with Crippen molar-refractivity contribution in [1.82, 2.24) is 4.90 Å². The van der Waals surface area contributed by atoms with Gasteiger partial charge in [0.15, 0.2) is 0 Å². The molecule has 2 rings (SSSR count). The summed E-state index contributed by atoms with van der Waals surface area (Å²) in [5.41, 5.74) is 1.21. The molecule has 21 heavy (non-hydrogen) atoms. The Morgan fingerprint density at radius 2 is 1.90 bits per heavy atom. The molecule has 0 aromatic heterocycles. The SMILES string of the molecule is CC(=O)N(Cc1ccccc1)C1C=CC[CH]([Sn]([CH3])([CH3])[CH3])C1. The molecule has 0 bridgehead atoms. The van der Waals surface area contributed by atoms with E-state index in [-0.39, 0.29) is 11.9 Å². The van der Waals surface area contributed by atoms with Crippen molar-refractivity contribution in [3.05, 3.63) is 48.0 Å². The van der Waals surface area contributed by atoms with Gasteiger partial charge in [-0.25, -0.2) is 0 Å². The summed E-state index contributed by atoms with van der Waals surface area (Å²) in [4.78, 5) is 21.7. The van der Waals surface area contributed by atoms with Crippen LogP contribution in [0, 0.1) is 0 Å². The molecular weight excluding hydrogens is 365 g/mol. The van der Waals surface area contributed by atoms with Crippen molar-refractivity contribution in [2.24, 2.45) is 0 Å². The second kappa shape index (κ2) is 6.99. The predicted molar refractivity (Wildman–Crippen MR) is 91.9 cm³/mol. The van der Waals surface area contributed by atoms with Gasteiger partial charge in [0.2, 0.25) is 0 Å². The summed E-state index contributed by atoms with van der Waals surface area (Å²) >= 11 is -1.90. The summed E-state index contributed by atoms with van der Waals surface area (Å²) in [6, 6.07) is 10.6. The molecule has 114 valence electrons. The van der Waals surface area contributed by atoms with Crippen LogP contribution in [0.15, 0.2) is 42.5 Å². The normalized spacial score (nSPS) is 22.1. The molecule has 1 aliphatic carbocycles. The first-order valence-electron chi connectivity index (χ1n) is 7.85. The van der Waals surface area contributed by atoms with Gasteiger partial charge in [-0.1, -0.05) is 0 Å². The fourth-order valence-corrected chi connectivity index (χ4v) is 8.16. The first-order chi connectivity index (χ1) is 9.88. The monoisotopic (exact) mass is 393 g/mol. The van der Waals surface area contributed by atoms with Gasteiger partial charge in [-0.3, -0.25) is 0 Å². The Balaban J connectivity index is 2.13. The van der Waals surface area contributed by atoms with Gasteiger partial charge in [-0.15, -0.1) is 0 Å². The van der Waals surface area contributed by atoms with Crippen LogP contribution in [0.1, 0.15) is 25.3 Å². The van der Waals surface area contributed by atoms with Gasteiger partial charge in [-0.05, 0) is 0 Å². The number of hydrogen-bond acceptors (Lipinski definition) is 1. The predicted octanol–water partition coefficient (Wildman–Crippen LogP) is 4.46. The van der Waals surface area contributed by atoms with Gasteiger partial charge in [-0.2, -0.15) is 0 Å². The molecule has 0 saturated heterocycles. The zero-order valence-corrected chi connectivity index (χ0v) is 16.5. The topological polar surface area (TPSA) is 20.3 Å². The van der Waals surface area contributed by atoms with Crippen LogP contribution in [-0.2, 0) is 11.3 Å². The molecule has 0 spiro atoms. The Kier molecular flexibility index (Phi) is 5.53. The Morgan fingerprint density at radius 1 is 1.24 bits per heavy atom. The van der Waals surface area contributed by atoms with E-state index in [1.807, 2.05) is 23.1 Å². The van der Waals surface area contributed by atoms with Crippen molar-refractivity contribution < 1.29 is 4.79 Å². The maximum absolute atomic E-state index is 12.1. The summed E-state index contributed by atoms with van der Waals surface area (Å²) < 4.78 is 0.840. The molecule has 0 radical (unpaired) electrons. The molecule has 0 saturated carbocycles. The molecule has 0 fully saturated rings. The molecule has 0 heterocycles. The summed E-state index contributed by atoms with van der Waals surface area (Å²) in [6.45, 7) is 2.42. The van der Waals surface area contributed by atoms with Crippen molar-refractivity contribution in [3.8, 4) is 0 Å². The number of carbonyl (C=O) groups is 1. The van der Waals surface area contributed by atoms with E-state index in [0.717, 1.165) is 16.9 Å². The van der Waals surface area contributed by atoms with E-state index in [9.17, 15) is 4.79 Å². The van der Waals surface area contributed by atoms with Crippen LogP contribution in [0.3, 0.4) is 0 Å². The van der Waals surface area contributed by atoms with Crippen molar-refractivity contribution in [2.45, 2.75) is 51.1 Å². The number of carbonyl (C=O) groups excluding carboxylic acids is 1. The number of allylic oxidation sites excluding steroid dienone is 1. The third-order valence-corrected chi connectivity index (χ3v) is 12.9. The van der Waals surface area contributed by atoms with Crippen LogP contribution in [0.2, 0.25) is 18.8 Å². The van der Waals surface area contributed by atoms with E-state index in [4.69, 9.17) is 0 Å². The molecule has 1 aliphatic rings. The van der Waals surface area contributed by atoms with Crippen molar-refractivity contribution in [2.75, 3.05) is 0 Å². The third-order valence-electron chi connectivity index (χ3n) is 4.53. The van der Waals surface area contributed by atoms with Crippen LogP contribution in [-0.4, -0.2) is 35.2 Å². The first kappa shape index (κ1) is 16.6. The Bertz CT molecular complexity index is 504. The van der Waals surface area contributed by atoms with Crippen molar-refractivity contribution >= 4 is 24.3 Å². The summed E-state index contributed by atoms with van der Waals surface area (Å²) in [7, 11) is 0. The summed E-state index contributed by atoms with van der Waals surface area (Å²) in [6.07, 6.45) is 6.93. The quantitative estimate of drug-likeness (QED) is 0.548. The molecule has 0 N–H and O–H groups in total. The fourth-order valence-electron chi connectivity index (χ4n) is 3.05. The van der Waals surface area contributed by atoms with Crippen LogP contribution in [0.25, 0.3) is 0 Å². The van der Waals surface area contributed by atoms with E-state index >= 15 is 0 Å². The molecule has 3 heteroatoms. The van der Waals surface area contributed by atoms with Crippen LogP contribution in [0.5, 0.6) is 0 Å². The van der Waals surface area contributed by atoms with Gasteiger partial charge in [0.1, 0.15) is 0 Å². The number of benzene rings is 1. The Hall–Kier alpha value is -0.771. The third kappa shape index (κ3) is 4.60. The van der Waals surface area contributed by atoms with Gasteiger partial charge in [0.25, 0.3) is 0 Å². The van der Waals surface area contributed by atoms with E-state index < -0.39 is 18.4 Å². The Labute approximate surface area is 133 Å². The van der Waals surface area contributed by atoms with Crippen LogP contribution >= 0.6 is 0 Å². The molecule has 2 nitrogen and oxygen atoms in total. The standard InChI is InChI=1S/C15H18NO.3CH3.Sn/c1-13(17)16(15-10-6-3-7-11-15)12-14-8-4-2-5-9-14;;;;/h2,4-10,15H,3,11-12H2,1H3;3*1H3;. The number of rotatable bonds is 4. The number of hydrogen-bond donors (Lipinski definition) is 0.